The Labute approximate surface area is 212 Å². The Bertz CT molecular complexity index is 1640. The zero-order valence-electron chi connectivity index (χ0n) is 18.9. The molecule has 0 atom stereocenters. The lowest BCUT2D eigenvalue weighted by Crippen LogP contribution is -1.97. The molecule has 5 aromatic rings. The maximum atomic E-state index is 11.2. The van der Waals surface area contributed by atoms with Crippen molar-refractivity contribution >= 4 is 20.2 Å². The largest absolute Gasteiger partial charge is 0.416 e. The van der Waals surface area contributed by atoms with Crippen molar-refractivity contribution in [3.8, 4) is 45.2 Å². The van der Waals surface area contributed by atoms with Gasteiger partial charge in [-0.3, -0.25) is 9.11 Å². The second kappa shape index (κ2) is 9.37. The van der Waals surface area contributed by atoms with Crippen molar-refractivity contribution in [3.63, 3.8) is 0 Å². The van der Waals surface area contributed by atoms with Crippen molar-refractivity contribution in [1.82, 2.24) is 10.2 Å². The van der Waals surface area contributed by atoms with Gasteiger partial charge in [-0.1, -0.05) is 48.5 Å². The van der Waals surface area contributed by atoms with Crippen molar-refractivity contribution in [2.45, 2.75) is 9.79 Å². The van der Waals surface area contributed by atoms with Gasteiger partial charge in [0.2, 0.25) is 11.8 Å². The molecule has 0 unspecified atom stereocenters. The fourth-order valence-corrected chi connectivity index (χ4v) is 4.67. The molecule has 0 saturated carbocycles. The summed E-state index contributed by atoms with van der Waals surface area (Å²) in [5, 5.41) is 8.25. The van der Waals surface area contributed by atoms with E-state index in [1.54, 1.807) is 24.3 Å². The van der Waals surface area contributed by atoms with E-state index >= 15 is 0 Å². The van der Waals surface area contributed by atoms with Crippen LogP contribution in [0.1, 0.15) is 0 Å². The van der Waals surface area contributed by atoms with E-state index in [9.17, 15) is 16.8 Å². The topological polar surface area (TPSA) is 148 Å². The van der Waals surface area contributed by atoms with E-state index in [1.807, 2.05) is 48.5 Å². The van der Waals surface area contributed by atoms with Gasteiger partial charge < -0.3 is 4.42 Å². The Balaban J connectivity index is 1.32. The second-order valence-electron chi connectivity index (χ2n) is 8.07. The Morgan fingerprint density at radius 1 is 0.432 bits per heavy atom. The van der Waals surface area contributed by atoms with Gasteiger partial charge in [0.15, 0.2) is 0 Å². The summed E-state index contributed by atoms with van der Waals surface area (Å²) < 4.78 is 68.9. The molecule has 11 heteroatoms. The third kappa shape index (κ3) is 5.34. The molecular formula is C26H18N2O7S2. The van der Waals surface area contributed by atoms with Crippen LogP contribution in [0.25, 0.3) is 45.2 Å². The zero-order valence-corrected chi connectivity index (χ0v) is 20.5. The molecule has 4 aromatic carbocycles. The molecular weight excluding hydrogens is 516 g/mol. The molecule has 0 amide bonds. The Morgan fingerprint density at radius 2 is 0.676 bits per heavy atom. The molecule has 0 saturated heterocycles. The van der Waals surface area contributed by atoms with Crippen molar-refractivity contribution in [2.24, 2.45) is 0 Å². The maximum Gasteiger partial charge on any atom is 0.294 e. The highest BCUT2D eigenvalue weighted by molar-refractivity contribution is 7.86. The number of rotatable bonds is 6. The van der Waals surface area contributed by atoms with E-state index in [2.05, 4.69) is 10.2 Å². The summed E-state index contributed by atoms with van der Waals surface area (Å²) in [5.74, 6) is 0.654. The summed E-state index contributed by atoms with van der Waals surface area (Å²) in [5.41, 5.74) is 4.63. The number of nitrogens with zero attached hydrogens (tertiary/aromatic N) is 2. The predicted octanol–water partition coefficient (Wildman–Crippen LogP) is 5.23. The molecule has 1 heterocycles. The first-order chi connectivity index (χ1) is 17.6. The van der Waals surface area contributed by atoms with Crippen LogP contribution in [0.5, 0.6) is 0 Å². The first kappa shape index (κ1) is 24.5. The minimum absolute atomic E-state index is 0.172. The summed E-state index contributed by atoms with van der Waals surface area (Å²) >= 11 is 0. The van der Waals surface area contributed by atoms with Crippen LogP contribution in [0, 0.1) is 0 Å². The fourth-order valence-electron chi connectivity index (χ4n) is 3.71. The van der Waals surface area contributed by atoms with Crippen molar-refractivity contribution < 1.29 is 30.4 Å². The average molecular weight is 535 g/mol. The minimum atomic E-state index is -4.24. The maximum absolute atomic E-state index is 11.2. The molecule has 0 spiro atoms. The smallest absolute Gasteiger partial charge is 0.294 e. The van der Waals surface area contributed by atoms with Gasteiger partial charge in [0.05, 0.1) is 9.79 Å². The van der Waals surface area contributed by atoms with Gasteiger partial charge in [0.1, 0.15) is 0 Å². The highest BCUT2D eigenvalue weighted by Gasteiger charge is 2.13. The lowest BCUT2D eigenvalue weighted by atomic mass is 10.0. The highest BCUT2D eigenvalue weighted by atomic mass is 32.2. The number of hydrogen-bond donors (Lipinski definition) is 2. The van der Waals surface area contributed by atoms with Crippen LogP contribution < -0.4 is 0 Å². The van der Waals surface area contributed by atoms with E-state index < -0.39 is 20.2 Å². The quantitative estimate of drug-likeness (QED) is 0.279. The summed E-state index contributed by atoms with van der Waals surface area (Å²) in [6.07, 6.45) is 0. The number of benzene rings is 4. The van der Waals surface area contributed by atoms with E-state index in [0.717, 1.165) is 22.3 Å². The Hall–Kier alpha value is -4.16. The first-order valence-electron chi connectivity index (χ1n) is 10.8. The van der Waals surface area contributed by atoms with Crippen molar-refractivity contribution in [3.05, 3.63) is 97.1 Å². The van der Waals surface area contributed by atoms with Crippen LogP contribution in [0.2, 0.25) is 0 Å². The van der Waals surface area contributed by atoms with E-state index in [4.69, 9.17) is 13.5 Å². The van der Waals surface area contributed by atoms with Gasteiger partial charge in [0.25, 0.3) is 20.2 Å². The average Bonchev–Trinajstić information content (AvgIpc) is 3.39. The summed E-state index contributed by atoms with van der Waals surface area (Å²) in [6.45, 7) is 0. The van der Waals surface area contributed by atoms with Gasteiger partial charge in [-0.15, -0.1) is 10.2 Å². The molecule has 2 N–H and O–H groups in total. The molecule has 0 aliphatic rings. The first-order valence-corrected chi connectivity index (χ1v) is 13.7. The van der Waals surface area contributed by atoms with Crippen LogP contribution in [0.4, 0.5) is 0 Å². The van der Waals surface area contributed by atoms with Crippen molar-refractivity contribution in [2.75, 3.05) is 0 Å². The third-order valence-electron chi connectivity index (χ3n) is 5.66. The lowest BCUT2D eigenvalue weighted by Gasteiger charge is -2.04. The van der Waals surface area contributed by atoms with Crippen LogP contribution in [-0.2, 0) is 20.2 Å². The number of hydrogen-bond acceptors (Lipinski definition) is 7. The van der Waals surface area contributed by atoms with Crippen LogP contribution in [0.3, 0.4) is 0 Å². The van der Waals surface area contributed by atoms with Gasteiger partial charge >= 0.3 is 0 Å². The third-order valence-corrected chi connectivity index (χ3v) is 7.40. The molecule has 0 radical (unpaired) electrons. The molecule has 0 bridgehead atoms. The van der Waals surface area contributed by atoms with E-state index in [-0.39, 0.29) is 9.79 Å². The van der Waals surface area contributed by atoms with Crippen LogP contribution in [-0.4, -0.2) is 36.1 Å². The molecule has 1 aromatic heterocycles. The van der Waals surface area contributed by atoms with E-state index in [0.29, 0.717) is 22.9 Å². The molecule has 0 aliphatic carbocycles. The van der Waals surface area contributed by atoms with Crippen LogP contribution in [0.15, 0.2) is 111 Å². The molecule has 9 nitrogen and oxygen atoms in total. The summed E-state index contributed by atoms with van der Waals surface area (Å²) in [4.78, 5) is -0.344. The summed E-state index contributed by atoms with van der Waals surface area (Å²) in [6, 6.07) is 26.4. The fraction of sp³-hybridized carbons (Fsp3) is 0. The van der Waals surface area contributed by atoms with Gasteiger partial charge in [0, 0.05) is 11.1 Å². The zero-order chi connectivity index (χ0) is 26.2. The monoisotopic (exact) mass is 534 g/mol. The predicted molar refractivity (Wildman–Crippen MR) is 136 cm³/mol. The SMILES string of the molecule is O=S(=O)(O)c1ccc(-c2ccc(-c3nnc(-c4ccc(-c5ccc(S(=O)(=O)O)cc5)cc4)o3)cc2)cc1. The Kier molecular flexibility index (Phi) is 6.21. The number of aromatic nitrogens is 2. The van der Waals surface area contributed by atoms with E-state index in [1.165, 1.54) is 24.3 Å². The standard InChI is InChI=1S/C26H18N2O7S2/c29-36(30,31)23-13-9-19(10-14-23)17-1-5-21(6-2-17)25-27-28-26(35-25)22-7-3-18(4-8-22)20-11-15-24(16-12-20)37(32,33)34/h1-16H,(H,29,30,31)(H,32,33,34). The van der Waals surface area contributed by atoms with Gasteiger partial charge in [-0.05, 0) is 70.8 Å². The lowest BCUT2D eigenvalue weighted by molar-refractivity contribution is 0.481. The molecule has 37 heavy (non-hydrogen) atoms. The molecule has 5 rings (SSSR count). The molecule has 0 aliphatic heterocycles. The molecule has 0 fully saturated rings. The minimum Gasteiger partial charge on any atom is -0.416 e. The molecule has 186 valence electrons. The van der Waals surface area contributed by atoms with Crippen LogP contribution >= 0.6 is 0 Å². The van der Waals surface area contributed by atoms with Gasteiger partial charge in [-0.2, -0.15) is 16.8 Å². The highest BCUT2D eigenvalue weighted by Crippen LogP contribution is 2.29. The van der Waals surface area contributed by atoms with Gasteiger partial charge in [-0.25, -0.2) is 0 Å². The second-order valence-corrected chi connectivity index (χ2v) is 10.9. The normalized spacial score (nSPS) is 11.9. The van der Waals surface area contributed by atoms with Crippen molar-refractivity contribution in [1.29, 1.82) is 0 Å². The Morgan fingerprint density at radius 3 is 0.946 bits per heavy atom. The summed E-state index contributed by atoms with van der Waals surface area (Å²) in [7, 11) is -8.49.